The highest BCUT2D eigenvalue weighted by molar-refractivity contribution is 5.90. The Labute approximate surface area is 121 Å². The molecular weight excluding hydrogens is 287 g/mol. The summed E-state index contributed by atoms with van der Waals surface area (Å²) in [4.78, 5) is 14.2. The Kier molecular flexibility index (Phi) is 6.45. The molecule has 0 fully saturated rings. The summed E-state index contributed by atoms with van der Waals surface area (Å²) in [5.41, 5.74) is -1.52. The number of nitrogens with zero attached hydrogens (tertiary/aromatic N) is 1. The molecule has 1 aromatic rings. The van der Waals surface area contributed by atoms with Crippen LogP contribution in [0.1, 0.15) is 55.1 Å². The number of unbranched alkanes of at least 4 members (excludes halogenated alkanes) is 4. The van der Waals surface area contributed by atoms with Crippen molar-refractivity contribution < 1.29 is 27.8 Å². The second-order valence-electron chi connectivity index (χ2n) is 4.61. The molecule has 0 bridgehead atoms. The zero-order valence-electron chi connectivity index (χ0n) is 11.7. The number of halogens is 3. The van der Waals surface area contributed by atoms with E-state index in [2.05, 4.69) is 11.9 Å². The fourth-order valence-electron chi connectivity index (χ4n) is 1.75. The van der Waals surface area contributed by atoms with E-state index >= 15 is 0 Å². The number of carbonyl (C=O) groups is 1. The van der Waals surface area contributed by atoms with Gasteiger partial charge in [-0.15, -0.1) is 0 Å². The quantitative estimate of drug-likeness (QED) is 0.733. The fraction of sp³-hybridized carbons (Fsp3) is 0.571. The van der Waals surface area contributed by atoms with E-state index in [4.69, 9.17) is 9.84 Å². The van der Waals surface area contributed by atoms with Gasteiger partial charge in [-0.05, 0) is 18.6 Å². The van der Waals surface area contributed by atoms with Crippen molar-refractivity contribution in [1.29, 1.82) is 0 Å². The summed E-state index contributed by atoms with van der Waals surface area (Å²) in [5.74, 6) is -1.84. The summed E-state index contributed by atoms with van der Waals surface area (Å²) in [7, 11) is 0. The number of alkyl halides is 3. The van der Waals surface area contributed by atoms with E-state index in [1.807, 2.05) is 0 Å². The van der Waals surface area contributed by atoms with Crippen molar-refractivity contribution in [1.82, 2.24) is 4.98 Å². The highest BCUT2D eigenvalue weighted by Gasteiger charge is 2.33. The largest absolute Gasteiger partial charge is 0.477 e. The molecule has 0 aliphatic heterocycles. The Bertz CT molecular complexity index is 475. The van der Waals surface area contributed by atoms with Crippen LogP contribution < -0.4 is 4.74 Å². The maximum atomic E-state index is 12.6. The van der Waals surface area contributed by atoms with Gasteiger partial charge >= 0.3 is 12.1 Å². The number of aromatic nitrogens is 1. The van der Waals surface area contributed by atoms with Crippen molar-refractivity contribution in [2.24, 2.45) is 0 Å². The average molecular weight is 305 g/mol. The fourth-order valence-corrected chi connectivity index (χ4v) is 1.75. The summed E-state index contributed by atoms with van der Waals surface area (Å²) >= 11 is 0. The first-order chi connectivity index (χ1) is 9.86. The van der Waals surface area contributed by atoms with E-state index in [0.29, 0.717) is 12.5 Å². The van der Waals surface area contributed by atoms with Crippen LogP contribution in [-0.4, -0.2) is 22.7 Å². The van der Waals surface area contributed by atoms with Gasteiger partial charge in [0, 0.05) is 0 Å². The molecule has 7 heteroatoms. The Morgan fingerprint density at radius 1 is 1.24 bits per heavy atom. The summed E-state index contributed by atoms with van der Waals surface area (Å²) in [6.07, 6.45) is 0.0888. The number of hydrogen-bond acceptors (Lipinski definition) is 3. The molecule has 0 aliphatic rings. The first kappa shape index (κ1) is 17.3. The third-order valence-electron chi connectivity index (χ3n) is 2.87. The molecule has 0 atom stereocenters. The van der Waals surface area contributed by atoms with Gasteiger partial charge in [-0.25, -0.2) is 9.78 Å². The molecule has 4 nitrogen and oxygen atoms in total. The monoisotopic (exact) mass is 305 g/mol. The normalized spacial score (nSPS) is 11.4. The van der Waals surface area contributed by atoms with Crippen molar-refractivity contribution in [3.05, 3.63) is 23.4 Å². The zero-order chi connectivity index (χ0) is 15.9. The van der Waals surface area contributed by atoms with Gasteiger partial charge in [0.25, 0.3) is 0 Å². The first-order valence-corrected chi connectivity index (χ1v) is 6.80. The van der Waals surface area contributed by atoms with Gasteiger partial charge in [0.2, 0.25) is 5.88 Å². The zero-order valence-corrected chi connectivity index (χ0v) is 11.7. The lowest BCUT2D eigenvalue weighted by Crippen LogP contribution is -2.13. The maximum Gasteiger partial charge on any atom is 0.433 e. The predicted octanol–water partition coefficient (Wildman–Crippen LogP) is 4.15. The summed E-state index contributed by atoms with van der Waals surface area (Å²) in [5, 5.41) is 8.93. The van der Waals surface area contributed by atoms with Crippen molar-refractivity contribution in [3.63, 3.8) is 0 Å². The Morgan fingerprint density at radius 3 is 2.48 bits per heavy atom. The lowest BCUT2D eigenvalue weighted by atomic mass is 10.2. The van der Waals surface area contributed by atoms with Crippen LogP contribution in [0, 0.1) is 0 Å². The molecule has 1 heterocycles. The number of ether oxygens (including phenoxy) is 1. The van der Waals surface area contributed by atoms with Crippen LogP contribution in [-0.2, 0) is 6.18 Å². The van der Waals surface area contributed by atoms with Crippen molar-refractivity contribution in [2.75, 3.05) is 6.61 Å². The molecule has 118 valence electrons. The molecule has 1 N–H and O–H groups in total. The van der Waals surface area contributed by atoms with Crippen LogP contribution in [0.4, 0.5) is 13.2 Å². The van der Waals surface area contributed by atoms with Crippen molar-refractivity contribution in [2.45, 2.75) is 45.2 Å². The molecule has 0 aliphatic carbocycles. The van der Waals surface area contributed by atoms with E-state index in [1.54, 1.807) is 0 Å². The van der Waals surface area contributed by atoms with Crippen LogP contribution in [0.25, 0.3) is 0 Å². The van der Waals surface area contributed by atoms with Gasteiger partial charge in [-0.3, -0.25) is 0 Å². The number of aromatic carboxylic acids is 1. The van der Waals surface area contributed by atoms with Crippen LogP contribution in [0.5, 0.6) is 5.88 Å². The average Bonchev–Trinajstić information content (AvgIpc) is 2.41. The number of carboxylic acids is 1. The third-order valence-corrected chi connectivity index (χ3v) is 2.87. The topological polar surface area (TPSA) is 59.4 Å². The highest BCUT2D eigenvalue weighted by Crippen LogP contribution is 2.30. The molecule has 0 spiro atoms. The molecule has 0 saturated carbocycles. The predicted molar refractivity (Wildman–Crippen MR) is 70.5 cm³/mol. The van der Waals surface area contributed by atoms with Crippen LogP contribution in [0.2, 0.25) is 0 Å². The minimum atomic E-state index is -4.63. The molecule has 21 heavy (non-hydrogen) atoms. The molecule has 1 aromatic heterocycles. The second kappa shape index (κ2) is 7.85. The van der Waals surface area contributed by atoms with Gasteiger partial charge < -0.3 is 9.84 Å². The van der Waals surface area contributed by atoms with E-state index in [1.165, 1.54) is 0 Å². The molecule has 1 rings (SSSR count). The van der Waals surface area contributed by atoms with Crippen molar-refractivity contribution in [3.8, 4) is 5.88 Å². The standard InChI is InChI=1S/C14H18F3NO3/c1-2-3-4-5-6-9-21-12-10(13(19)20)7-8-11(18-12)14(15,16)17/h7-8H,2-6,9H2,1H3,(H,19,20). The number of hydrogen-bond donors (Lipinski definition) is 1. The lowest BCUT2D eigenvalue weighted by molar-refractivity contribution is -0.141. The lowest BCUT2D eigenvalue weighted by Gasteiger charge is -2.11. The Balaban J connectivity index is 2.71. The first-order valence-electron chi connectivity index (χ1n) is 6.80. The molecule has 0 aromatic carbocycles. The second-order valence-corrected chi connectivity index (χ2v) is 4.61. The molecule has 0 saturated heterocycles. The third kappa shape index (κ3) is 5.61. The molecule has 0 radical (unpaired) electrons. The highest BCUT2D eigenvalue weighted by atomic mass is 19.4. The van der Waals surface area contributed by atoms with Gasteiger partial charge in [0.05, 0.1) is 6.61 Å². The van der Waals surface area contributed by atoms with Gasteiger partial charge in [0.15, 0.2) is 0 Å². The number of pyridine rings is 1. The summed E-state index contributed by atoms with van der Waals surface area (Å²) in [6, 6.07) is 1.50. The van der Waals surface area contributed by atoms with E-state index < -0.39 is 23.7 Å². The number of carboxylic acid groups (broad SMARTS) is 1. The van der Waals surface area contributed by atoms with E-state index in [0.717, 1.165) is 31.7 Å². The minimum Gasteiger partial charge on any atom is -0.477 e. The van der Waals surface area contributed by atoms with Crippen LogP contribution in [0.15, 0.2) is 12.1 Å². The van der Waals surface area contributed by atoms with Gasteiger partial charge in [-0.1, -0.05) is 32.6 Å². The van der Waals surface area contributed by atoms with Gasteiger partial charge in [0.1, 0.15) is 11.3 Å². The number of rotatable bonds is 8. The smallest absolute Gasteiger partial charge is 0.433 e. The SMILES string of the molecule is CCCCCCCOc1nc(C(F)(F)F)ccc1C(=O)O. The summed E-state index contributed by atoms with van der Waals surface area (Å²) in [6.45, 7) is 2.22. The van der Waals surface area contributed by atoms with E-state index in [-0.39, 0.29) is 12.2 Å². The van der Waals surface area contributed by atoms with Gasteiger partial charge in [-0.2, -0.15) is 13.2 Å². The maximum absolute atomic E-state index is 12.6. The minimum absolute atomic E-state index is 0.151. The van der Waals surface area contributed by atoms with Crippen LogP contribution >= 0.6 is 0 Å². The Hall–Kier alpha value is -1.79. The summed E-state index contributed by atoms with van der Waals surface area (Å²) < 4.78 is 42.8. The van der Waals surface area contributed by atoms with Crippen LogP contribution in [0.3, 0.4) is 0 Å². The molecular formula is C14H18F3NO3. The van der Waals surface area contributed by atoms with Crippen molar-refractivity contribution >= 4 is 5.97 Å². The Morgan fingerprint density at radius 2 is 1.90 bits per heavy atom. The molecule has 0 unspecified atom stereocenters. The van der Waals surface area contributed by atoms with E-state index in [9.17, 15) is 18.0 Å². The molecule has 0 amide bonds.